The molecule has 0 bridgehead atoms. The number of ketones is 2. The van der Waals surface area contributed by atoms with Crippen LogP contribution in [0, 0.1) is 0 Å². The van der Waals surface area contributed by atoms with Crippen molar-refractivity contribution in [3.05, 3.63) is 178 Å². The molecule has 266 valence electrons. The molecular formula is C45H34Br3IO4. The van der Waals surface area contributed by atoms with Gasteiger partial charge in [0.15, 0.2) is 18.2 Å². The number of Topliss-reactive ketones (excluding diaryl/α,β-unsaturated/α-hetero) is 2. The molecule has 0 heterocycles. The van der Waals surface area contributed by atoms with Crippen molar-refractivity contribution < 1.29 is 19.4 Å². The van der Waals surface area contributed by atoms with E-state index in [1.165, 1.54) is 10.8 Å². The second-order valence-electron chi connectivity index (χ2n) is 11.6. The lowest BCUT2D eigenvalue weighted by Gasteiger charge is -2.12. The first-order valence-corrected chi connectivity index (χ1v) is 21.3. The number of alkyl halides is 2. The van der Waals surface area contributed by atoms with E-state index in [0.717, 1.165) is 52.6 Å². The number of phenolic OH excluding ortho intramolecular Hbond substituents is 1. The summed E-state index contributed by atoms with van der Waals surface area (Å²) in [6.45, 7) is 0.0178. The molecule has 8 aromatic carbocycles. The summed E-state index contributed by atoms with van der Waals surface area (Å²) in [5.41, 5.74) is 1.39. The van der Waals surface area contributed by atoms with Crippen LogP contribution in [0.1, 0.15) is 20.7 Å². The Labute approximate surface area is 347 Å². The molecule has 0 saturated heterocycles. The van der Waals surface area contributed by atoms with Crippen LogP contribution in [-0.2, 0) is 0 Å². The number of aromatic hydroxyl groups is 1. The van der Waals surface area contributed by atoms with Crippen molar-refractivity contribution in [1.29, 1.82) is 0 Å². The van der Waals surface area contributed by atoms with Crippen LogP contribution in [0.15, 0.2) is 167 Å². The zero-order chi connectivity index (χ0) is 37.7. The van der Waals surface area contributed by atoms with Gasteiger partial charge in [-0.25, -0.2) is 0 Å². The molecule has 0 aliphatic heterocycles. The third-order valence-corrected chi connectivity index (χ3v) is 9.86. The number of halogens is 4. The van der Waals surface area contributed by atoms with Gasteiger partial charge in [0, 0.05) is 30.8 Å². The van der Waals surface area contributed by atoms with Crippen LogP contribution in [0.4, 0.5) is 0 Å². The Morgan fingerprint density at radius 1 is 0.528 bits per heavy atom. The SMILES string of the molecule is CI.O=C(CBr)c1ccc(Br)cc1.O=C(COc1cc2ccccc2c2ccccc12)c1ccc(Br)cc1.Oc1cc2ccccc2c2ccccc12. The van der Waals surface area contributed by atoms with Crippen molar-refractivity contribution in [2.75, 3.05) is 16.9 Å². The number of phenols is 1. The lowest BCUT2D eigenvalue weighted by molar-refractivity contribution is 0.0922. The van der Waals surface area contributed by atoms with Crippen molar-refractivity contribution >= 4 is 125 Å². The molecule has 0 fully saturated rings. The summed E-state index contributed by atoms with van der Waals surface area (Å²) in [4.78, 5) is 25.4. The first kappa shape index (κ1) is 40.1. The van der Waals surface area contributed by atoms with Crippen LogP contribution in [0.3, 0.4) is 0 Å². The van der Waals surface area contributed by atoms with Gasteiger partial charge in [-0.2, -0.15) is 0 Å². The van der Waals surface area contributed by atoms with Gasteiger partial charge < -0.3 is 9.84 Å². The molecule has 0 unspecified atom stereocenters. The Balaban J connectivity index is 0.000000164. The van der Waals surface area contributed by atoms with Gasteiger partial charge >= 0.3 is 0 Å². The zero-order valence-corrected chi connectivity index (χ0v) is 35.5. The minimum Gasteiger partial charge on any atom is -0.507 e. The van der Waals surface area contributed by atoms with Crippen molar-refractivity contribution in [2.45, 2.75) is 0 Å². The molecule has 8 rings (SSSR count). The molecular weight excluding hydrogens is 971 g/mol. The second-order valence-corrected chi connectivity index (χ2v) is 14.0. The smallest absolute Gasteiger partial charge is 0.200 e. The predicted molar refractivity (Wildman–Crippen MR) is 241 cm³/mol. The quantitative estimate of drug-likeness (QED) is 0.0780. The first-order valence-electron chi connectivity index (χ1n) is 16.5. The van der Waals surface area contributed by atoms with Crippen LogP contribution in [0.25, 0.3) is 43.1 Å². The van der Waals surface area contributed by atoms with E-state index in [2.05, 4.69) is 94.6 Å². The molecule has 0 aromatic heterocycles. The number of hydrogen-bond acceptors (Lipinski definition) is 4. The minimum absolute atomic E-state index is 0.0178. The number of fused-ring (bicyclic) bond motifs is 6. The highest BCUT2D eigenvalue weighted by atomic mass is 127. The summed E-state index contributed by atoms with van der Waals surface area (Å²) in [6.07, 6.45) is 0. The molecule has 0 atom stereocenters. The molecule has 0 radical (unpaired) electrons. The summed E-state index contributed by atoms with van der Waals surface area (Å²) in [6, 6.07) is 50.8. The van der Waals surface area contributed by atoms with Gasteiger partial charge in [-0.3, -0.25) is 9.59 Å². The summed E-state index contributed by atoms with van der Waals surface area (Å²) < 4.78 is 7.85. The Hall–Kier alpha value is -4.09. The molecule has 0 aliphatic rings. The summed E-state index contributed by atoms with van der Waals surface area (Å²) >= 11 is 11.9. The zero-order valence-electron chi connectivity index (χ0n) is 28.6. The molecule has 0 aliphatic carbocycles. The monoisotopic (exact) mass is 1000 g/mol. The van der Waals surface area contributed by atoms with Crippen molar-refractivity contribution in [3.63, 3.8) is 0 Å². The topological polar surface area (TPSA) is 63.6 Å². The molecule has 53 heavy (non-hydrogen) atoms. The maximum absolute atomic E-state index is 12.4. The first-order chi connectivity index (χ1) is 25.8. The van der Waals surface area contributed by atoms with E-state index in [1.54, 1.807) is 24.3 Å². The third-order valence-electron chi connectivity index (χ3n) is 8.29. The molecule has 0 amide bonds. The molecule has 8 heteroatoms. The summed E-state index contributed by atoms with van der Waals surface area (Å²) in [7, 11) is 0. The molecule has 8 aromatic rings. The molecule has 0 spiro atoms. The van der Waals surface area contributed by atoms with Crippen molar-refractivity contribution in [1.82, 2.24) is 0 Å². The van der Waals surface area contributed by atoms with Gasteiger partial charge in [0.1, 0.15) is 11.5 Å². The Morgan fingerprint density at radius 3 is 1.43 bits per heavy atom. The fourth-order valence-electron chi connectivity index (χ4n) is 5.75. The predicted octanol–water partition coefficient (Wildman–Crippen LogP) is 13.8. The number of rotatable bonds is 6. The normalized spacial score (nSPS) is 10.4. The van der Waals surface area contributed by atoms with Gasteiger partial charge in [0.05, 0.1) is 5.33 Å². The molecule has 0 saturated carbocycles. The van der Waals surface area contributed by atoms with E-state index in [0.29, 0.717) is 16.6 Å². The number of benzene rings is 8. The van der Waals surface area contributed by atoms with Gasteiger partial charge in [-0.15, -0.1) is 0 Å². The van der Waals surface area contributed by atoms with Gasteiger partial charge in [0.25, 0.3) is 0 Å². The van der Waals surface area contributed by atoms with Crippen LogP contribution in [0.5, 0.6) is 11.5 Å². The lowest BCUT2D eigenvalue weighted by atomic mass is 10.0. The maximum atomic E-state index is 12.4. The van der Waals surface area contributed by atoms with Crippen LogP contribution < -0.4 is 4.74 Å². The number of hydrogen-bond donors (Lipinski definition) is 1. The fraction of sp³-hybridized carbons (Fsp3) is 0.0667. The van der Waals surface area contributed by atoms with E-state index in [-0.39, 0.29) is 18.2 Å². The molecule has 4 nitrogen and oxygen atoms in total. The Bertz CT molecular complexity index is 2480. The highest BCUT2D eigenvalue weighted by Crippen LogP contribution is 2.34. The standard InChI is InChI=1S/C22H15BrO2.C14H10O.C8H6Br2O.CH3I/c23-17-11-9-15(10-12-17)21(24)14-25-22-13-16-5-1-2-6-18(16)19-7-3-4-8-20(19)22;15-14-9-10-5-1-2-6-11(10)12-7-3-4-8-13(12)14;9-5-8(11)6-1-3-7(10)4-2-6;1-2/h1-13H,14H2;1-9,15H;1-4H,5H2;1H3. The Kier molecular flexibility index (Phi) is 15.0. The van der Waals surface area contributed by atoms with E-state index in [1.807, 2.05) is 114 Å². The summed E-state index contributed by atoms with van der Waals surface area (Å²) in [5, 5.41) is 19.0. The van der Waals surface area contributed by atoms with E-state index in [4.69, 9.17) is 4.74 Å². The number of carbonyl (C=O) groups is 2. The van der Waals surface area contributed by atoms with Gasteiger partial charge in [-0.05, 0) is 73.6 Å². The lowest BCUT2D eigenvalue weighted by Crippen LogP contribution is -2.11. The maximum Gasteiger partial charge on any atom is 0.200 e. The van der Waals surface area contributed by atoms with Gasteiger partial charge in [-0.1, -0.05) is 192 Å². The summed E-state index contributed by atoms with van der Waals surface area (Å²) in [5.74, 6) is 1.16. The fourth-order valence-corrected chi connectivity index (χ4v) is 6.60. The van der Waals surface area contributed by atoms with E-state index < -0.39 is 0 Å². The largest absolute Gasteiger partial charge is 0.507 e. The van der Waals surface area contributed by atoms with E-state index in [9.17, 15) is 14.7 Å². The van der Waals surface area contributed by atoms with Crippen LogP contribution in [-0.4, -0.2) is 33.5 Å². The average Bonchev–Trinajstić information content (AvgIpc) is 3.21. The van der Waals surface area contributed by atoms with Crippen LogP contribution >= 0.6 is 70.4 Å². The third kappa shape index (κ3) is 10.3. The van der Waals surface area contributed by atoms with Crippen molar-refractivity contribution in [2.24, 2.45) is 0 Å². The Morgan fingerprint density at radius 2 is 0.925 bits per heavy atom. The highest BCUT2D eigenvalue weighted by molar-refractivity contribution is 14.1. The molecule has 1 N–H and O–H groups in total. The van der Waals surface area contributed by atoms with Gasteiger partial charge in [0.2, 0.25) is 0 Å². The van der Waals surface area contributed by atoms with Crippen molar-refractivity contribution in [3.8, 4) is 11.5 Å². The number of ether oxygens (including phenoxy) is 1. The average molecular weight is 1010 g/mol. The van der Waals surface area contributed by atoms with Crippen LogP contribution in [0.2, 0.25) is 0 Å². The second kappa shape index (κ2) is 19.8. The number of carbonyl (C=O) groups excluding carboxylic acids is 2. The van der Waals surface area contributed by atoms with E-state index >= 15 is 0 Å². The minimum atomic E-state index is -0.0373. The highest BCUT2D eigenvalue weighted by Gasteiger charge is 2.11.